The minimum absolute atomic E-state index is 0.139. The number of amides is 1. The molecule has 1 rings (SSSR count). The molecule has 0 radical (unpaired) electrons. The second-order valence-electron chi connectivity index (χ2n) is 8.05. The topological polar surface area (TPSA) is 85.3 Å². The van der Waals surface area contributed by atoms with E-state index >= 15 is 0 Å². The molecule has 0 bridgehead atoms. The molecule has 7 heteroatoms. The highest BCUT2D eigenvalue weighted by Gasteiger charge is 2.39. The standard InChI is InChI=1S/C17H28N2O5/c1-10-11(2)14(21)19(9-12(20)23-16(3,4)5)18-13(10)15(22)24-17(6,7)8/h10-11H,9H2,1-8H3/t10-,11+/m0/s1. The van der Waals surface area contributed by atoms with E-state index in [-0.39, 0.29) is 24.1 Å². The van der Waals surface area contributed by atoms with Crippen molar-refractivity contribution in [3.05, 3.63) is 0 Å². The molecule has 0 spiro atoms. The number of nitrogens with zero attached hydrogens (tertiary/aromatic N) is 2. The maximum Gasteiger partial charge on any atom is 0.355 e. The van der Waals surface area contributed by atoms with E-state index in [0.717, 1.165) is 5.01 Å². The Morgan fingerprint density at radius 1 is 1.00 bits per heavy atom. The Labute approximate surface area is 143 Å². The number of carbonyl (C=O) groups excluding carboxylic acids is 3. The number of ether oxygens (including phenoxy) is 2. The van der Waals surface area contributed by atoms with Crippen LogP contribution in [0.15, 0.2) is 5.10 Å². The Balaban J connectivity index is 3.00. The smallest absolute Gasteiger partial charge is 0.355 e. The number of carbonyl (C=O) groups is 3. The van der Waals surface area contributed by atoms with Gasteiger partial charge >= 0.3 is 11.9 Å². The molecule has 1 aliphatic heterocycles. The van der Waals surface area contributed by atoms with Gasteiger partial charge in [-0.05, 0) is 41.5 Å². The number of rotatable bonds is 3. The molecule has 24 heavy (non-hydrogen) atoms. The van der Waals surface area contributed by atoms with Crippen LogP contribution in [-0.4, -0.2) is 46.3 Å². The van der Waals surface area contributed by atoms with Crippen molar-refractivity contribution in [3.8, 4) is 0 Å². The summed E-state index contributed by atoms with van der Waals surface area (Å²) in [6.07, 6.45) is 0. The Morgan fingerprint density at radius 3 is 1.96 bits per heavy atom. The van der Waals surface area contributed by atoms with Gasteiger partial charge in [0.05, 0.1) is 0 Å². The summed E-state index contributed by atoms with van der Waals surface area (Å²) in [5.41, 5.74) is -1.19. The van der Waals surface area contributed by atoms with Crippen molar-refractivity contribution in [1.29, 1.82) is 0 Å². The molecule has 0 unspecified atom stereocenters. The summed E-state index contributed by atoms with van der Waals surface area (Å²) in [6.45, 7) is 13.6. The van der Waals surface area contributed by atoms with Gasteiger partial charge in [-0.3, -0.25) is 9.59 Å². The molecule has 0 saturated carbocycles. The van der Waals surface area contributed by atoms with Crippen LogP contribution in [0.2, 0.25) is 0 Å². The minimum atomic E-state index is -0.667. The molecule has 2 atom stereocenters. The molecule has 0 N–H and O–H groups in total. The van der Waals surface area contributed by atoms with Crippen LogP contribution in [0.1, 0.15) is 55.4 Å². The summed E-state index contributed by atoms with van der Waals surface area (Å²) in [4.78, 5) is 36.6. The number of esters is 2. The van der Waals surface area contributed by atoms with E-state index in [4.69, 9.17) is 9.47 Å². The highest BCUT2D eigenvalue weighted by molar-refractivity contribution is 6.38. The van der Waals surface area contributed by atoms with E-state index in [1.165, 1.54) is 0 Å². The molecule has 0 saturated heterocycles. The first-order valence-corrected chi connectivity index (χ1v) is 8.06. The maximum atomic E-state index is 12.3. The van der Waals surface area contributed by atoms with E-state index in [2.05, 4.69) is 5.10 Å². The minimum Gasteiger partial charge on any atom is -0.459 e. The fourth-order valence-corrected chi connectivity index (χ4v) is 2.12. The van der Waals surface area contributed by atoms with Crippen molar-refractivity contribution in [2.75, 3.05) is 6.54 Å². The maximum absolute atomic E-state index is 12.3. The lowest BCUT2D eigenvalue weighted by atomic mass is 9.89. The highest BCUT2D eigenvalue weighted by atomic mass is 16.6. The van der Waals surface area contributed by atoms with Crippen molar-refractivity contribution >= 4 is 23.6 Å². The van der Waals surface area contributed by atoms with E-state index < -0.39 is 29.1 Å². The third-order valence-corrected chi connectivity index (χ3v) is 3.36. The van der Waals surface area contributed by atoms with Crippen LogP contribution < -0.4 is 0 Å². The van der Waals surface area contributed by atoms with Crippen LogP contribution in [0.3, 0.4) is 0 Å². The summed E-state index contributed by atoms with van der Waals surface area (Å²) < 4.78 is 10.6. The SMILES string of the molecule is C[C@@H]1C(C(=O)OC(C)(C)C)=NN(CC(=O)OC(C)(C)C)C(=O)[C@@H]1C. The second-order valence-corrected chi connectivity index (χ2v) is 8.05. The Kier molecular flexibility index (Phi) is 5.79. The van der Waals surface area contributed by atoms with Crippen LogP contribution in [0.25, 0.3) is 0 Å². The molecule has 136 valence electrons. The molecule has 1 amide bonds. The first-order valence-electron chi connectivity index (χ1n) is 8.06. The predicted octanol–water partition coefficient (Wildman–Crippen LogP) is 2.14. The number of hydrazone groups is 1. The zero-order valence-electron chi connectivity index (χ0n) is 15.8. The van der Waals surface area contributed by atoms with Gasteiger partial charge < -0.3 is 9.47 Å². The average Bonchev–Trinajstić information content (AvgIpc) is 2.35. The molecule has 0 aromatic carbocycles. The number of hydrogen-bond donors (Lipinski definition) is 0. The van der Waals surface area contributed by atoms with Crippen LogP contribution >= 0.6 is 0 Å². The van der Waals surface area contributed by atoms with Gasteiger partial charge in [0.1, 0.15) is 23.5 Å². The molecule has 0 aliphatic carbocycles. The third-order valence-electron chi connectivity index (χ3n) is 3.36. The third kappa shape index (κ3) is 5.62. The largest absolute Gasteiger partial charge is 0.459 e. The molecule has 0 aromatic rings. The van der Waals surface area contributed by atoms with E-state index in [9.17, 15) is 14.4 Å². The Bertz CT molecular complexity index is 554. The molecular weight excluding hydrogens is 312 g/mol. The Morgan fingerprint density at radius 2 is 1.50 bits per heavy atom. The van der Waals surface area contributed by atoms with Crippen molar-refractivity contribution < 1.29 is 23.9 Å². The monoisotopic (exact) mass is 340 g/mol. The lowest BCUT2D eigenvalue weighted by molar-refractivity contribution is -0.160. The predicted molar refractivity (Wildman–Crippen MR) is 89.2 cm³/mol. The van der Waals surface area contributed by atoms with E-state index in [1.54, 1.807) is 55.4 Å². The summed E-state index contributed by atoms with van der Waals surface area (Å²) in [7, 11) is 0. The molecule has 1 heterocycles. The van der Waals surface area contributed by atoms with Crippen molar-refractivity contribution in [1.82, 2.24) is 5.01 Å². The molecule has 0 aromatic heterocycles. The summed E-state index contributed by atoms with van der Waals surface area (Å²) in [6, 6.07) is 0. The fraction of sp³-hybridized carbons (Fsp3) is 0.765. The highest BCUT2D eigenvalue weighted by Crippen LogP contribution is 2.24. The van der Waals surface area contributed by atoms with Gasteiger partial charge in [-0.25, -0.2) is 9.80 Å². The zero-order chi connectivity index (χ0) is 18.9. The first-order chi connectivity index (χ1) is 10.7. The van der Waals surface area contributed by atoms with Crippen molar-refractivity contribution in [2.24, 2.45) is 16.9 Å². The second kappa shape index (κ2) is 6.91. The summed E-state index contributed by atoms with van der Waals surface area (Å²) in [5, 5.41) is 5.07. The van der Waals surface area contributed by atoms with E-state index in [1.807, 2.05) is 0 Å². The van der Waals surface area contributed by atoms with Gasteiger partial charge in [0, 0.05) is 11.8 Å². The molecule has 0 fully saturated rings. The normalized spacial score (nSPS) is 22.1. The van der Waals surface area contributed by atoms with Crippen molar-refractivity contribution in [2.45, 2.75) is 66.6 Å². The Hall–Kier alpha value is -1.92. The first kappa shape index (κ1) is 20.1. The van der Waals surface area contributed by atoms with Gasteiger partial charge in [0.25, 0.3) is 0 Å². The zero-order valence-corrected chi connectivity index (χ0v) is 15.8. The van der Waals surface area contributed by atoms with Crippen LogP contribution in [0, 0.1) is 11.8 Å². The average molecular weight is 340 g/mol. The van der Waals surface area contributed by atoms with Gasteiger partial charge in [-0.1, -0.05) is 13.8 Å². The van der Waals surface area contributed by atoms with Gasteiger partial charge in [0.15, 0.2) is 0 Å². The van der Waals surface area contributed by atoms with Gasteiger partial charge in [0.2, 0.25) is 5.91 Å². The molecular formula is C17H28N2O5. The lowest BCUT2D eigenvalue weighted by Gasteiger charge is -2.32. The molecule has 1 aliphatic rings. The van der Waals surface area contributed by atoms with Gasteiger partial charge in [-0.15, -0.1) is 0 Å². The lowest BCUT2D eigenvalue weighted by Crippen LogP contribution is -2.48. The van der Waals surface area contributed by atoms with Gasteiger partial charge in [-0.2, -0.15) is 5.10 Å². The molecule has 7 nitrogen and oxygen atoms in total. The number of hydrogen-bond acceptors (Lipinski definition) is 6. The fourth-order valence-electron chi connectivity index (χ4n) is 2.12. The van der Waals surface area contributed by atoms with Crippen molar-refractivity contribution in [3.63, 3.8) is 0 Å². The quantitative estimate of drug-likeness (QED) is 0.735. The van der Waals surface area contributed by atoms with E-state index in [0.29, 0.717) is 0 Å². The van der Waals surface area contributed by atoms with Crippen LogP contribution in [0.4, 0.5) is 0 Å². The van der Waals surface area contributed by atoms with Crippen LogP contribution in [0.5, 0.6) is 0 Å². The van der Waals surface area contributed by atoms with Crippen LogP contribution in [-0.2, 0) is 23.9 Å². The summed E-state index contributed by atoms with van der Waals surface area (Å²) >= 11 is 0. The summed E-state index contributed by atoms with van der Waals surface area (Å²) in [5.74, 6) is -2.34.